The SMILES string of the molecule is CCOc1ccccc1-c1noc(COC(=O)c2ccc(Cl)nc2)n1. The predicted molar refractivity (Wildman–Crippen MR) is 89.3 cm³/mol. The minimum Gasteiger partial charge on any atom is -0.493 e. The first-order valence-corrected chi connectivity index (χ1v) is 7.88. The van der Waals surface area contributed by atoms with Crippen LogP contribution in [0.15, 0.2) is 47.1 Å². The molecule has 0 unspecified atom stereocenters. The van der Waals surface area contributed by atoms with Crippen molar-refractivity contribution >= 4 is 17.6 Å². The molecule has 1 aromatic carbocycles. The Bertz CT molecular complexity index is 864. The van der Waals surface area contributed by atoms with Gasteiger partial charge in [-0.25, -0.2) is 9.78 Å². The Morgan fingerprint density at radius 2 is 2.08 bits per heavy atom. The maximum Gasteiger partial charge on any atom is 0.340 e. The van der Waals surface area contributed by atoms with Gasteiger partial charge in [0, 0.05) is 6.20 Å². The van der Waals surface area contributed by atoms with Crippen LogP contribution >= 0.6 is 11.6 Å². The third-order valence-electron chi connectivity index (χ3n) is 3.19. The number of carbonyl (C=O) groups excluding carboxylic acids is 1. The van der Waals surface area contributed by atoms with E-state index in [1.807, 2.05) is 31.2 Å². The maximum absolute atomic E-state index is 11.9. The van der Waals surface area contributed by atoms with Gasteiger partial charge in [-0.15, -0.1) is 0 Å². The van der Waals surface area contributed by atoms with Crippen molar-refractivity contribution in [2.75, 3.05) is 6.61 Å². The maximum atomic E-state index is 11.9. The summed E-state index contributed by atoms with van der Waals surface area (Å²) in [6, 6.07) is 10.4. The number of para-hydroxylation sites is 1. The smallest absolute Gasteiger partial charge is 0.340 e. The van der Waals surface area contributed by atoms with E-state index in [-0.39, 0.29) is 18.1 Å². The number of benzene rings is 1. The topological polar surface area (TPSA) is 87.3 Å². The highest BCUT2D eigenvalue weighted by atomic mass is 35.5. The second-order valence-electron chi connectivity index (χ2n) is 4.89. The molecule has 0 N–H and O–H groups in total. The molecule has 0 bridgehead atoms. The third-order valence-corrected chi connectivity index (χ3v) is 3.41. The van der Waals surface area contributed by atoms with Crippen molar-refractivity contribution in [3.05, 3.63) is 59.2 Å². The molecule has 128 valence electrons. The fourth-order valence-electron chi connectivity index (χ4n) is 2.06. The first-order chi connectivity index (χ1) is 12.2. The summed E-state index contributed by atoms with van der Waals surface area (Å²) in [7, 11) is 0. The summed E-state index contributed by atoms with van der Waals surface area (Å²) in [6.07, 6.45) is 1.34. The van der Waals surface area contributed by atoms with Crippen LogP contribution in [0.2, 0.25) is 5.15 Å². The molecule has 0 atom stereocenters. The summed E-state index contributed by atoms with van der Waals surface area (Å²) >= 11 is 5.68. The van der Waals surface area contributed by atoms with Crippen molar-refractivity contribution in [1.82, 2.24) is 15.1 Å². The molecule has 3 rings (SSSR count). The summed E-state index contributed by atoms with van der Waals surface area (Å²) in [5.41, 5.74) is 0.985. The molecule has 0 aliphatic heterocycles. The number of aromatic nitrogens is 3. The van der Waals surface area contributed by atoms with Crippen molar-refractivity contribution in [3.63, 3.8) is 0 Å². The average molecular weight is 360 g/mol. The van der Waals surface area contributed by atoms with E-state index in [0.717, 1.165) is 0 Å². The van der Waals surface area contributed by atoms with Crippen LogP contribution in [0, 0.1) is 0 Å². The lowest BCUT2D eigenvalue weighted by atomic mass is 10.2. The van der Waals surface area contributed by atoms with Gasteiger partial charge in [0.1, 0.15) is 10.9 Å². The Kier molecular flexibility index (Phi) is 5.25. The van der Waals surface area contributed by atoms with E-state index >= 15 is 0 Å². The predicted octanol–water partition coefficient (Wildman–Crippen LogP) is 3.54. The number of carbonyl (C=O) groups is 1. The van der Waals surface area contributed by atoms with Crippen LogP contribution in [0.5, 0.6) is 5.75 Å². The second kappa shape index (κ2) is 7.76. The minimum atomic E-state index is -0.557. The molecule has 0 spiro atoms. The lowest BCUT2D eigenvalue weighted by molar-refractivity contribution is 0.0429. The van der Waals surface area contributed by atoms with Crippen molar-refractivity contribution in [2.24, 2.45) is 0 Å². The largest absolute Gasteiger partial charge is 0.493 e. The van der Waals surface area contributed by atoms with Gasteiger partial charge in [0.05, 0.1) is 17.7 Å². The fraction of sp³-hybridized carbons (Fsp3) is 0.176. The Morgan fingerprint density at radius 3 is 2.84 bits per heavy atom. The normalized spacial score (nSPS) is 10.5. The molecule has 8 heteroatoms. The van der Waals surface area contributed by atoms with E-state index in [0.29, 0.717) is 28.9 Å². The lowest BCUT2D eigenvalue weighted by Crippen LogP contribution is -2.05. The zero-order valence-electron chi connectivity index (χ0n) is 13.3. The summed E-state index contributed by atoms with van der Waals surface area (Å²) in [5.74, 6) is 0.639. The standard InChI is InChI=1S/C17H14ClN3O4/c1-2-23-13-6-4-3-5-12(13)16-20-15(25-21-16)10-24-17(22)11-7-8-14(18)19-9-11/h3-9H,2,10H2,1H3. The van der Waals surface area contributed by atoms with Crippen LogP contribution < -0.4 is 4.74 Å². The highest BCUT2D eigenvalue weighted by molar-refractivity contribution is 6.29. The van der Waals surface area contributed by atoms with Crippen LogP contribution in [-0.2, 0) is 11.3 Å². The van der Waals surface area contributed by atoms with Gasteiger partial charge in [-0.2, -0.15) is 4.98 Å². The number of hydrogen-bond donors (Lipinski definition) is 0. The number of ether oxygens (including phenoxy) is 2. The van der Waals surface area contributed by atoms with Gasteiger partial charge >= 0.3 is 5.97 Å². The Hall–Kier alpha value is -2.93. The molecular formula is C17H14ClN3O4. The molecule has 0 aliphatic rings. The number of esters is 1. The molecule has 7 nitrogen and oxygen atoms in total. The fourth-order valence-corrected chi connectivity index (χ4v) is 2.17. The molecule has 0 saturated heterocycles. The number of nitrogens with zero attached hydrogens (tertiary/aromatic N) is 3. The monoisotopic (exact) mass is 359 g/mol. The number of rotatable bonds is 6. The van der Waals surface area contributed by atoms with Gasteiger partial charge in [-0.1, -0.05) is 28.9 Å². The van der Waals surface area contributed by atoms with Crippen LogP contribution in [0.3, 0.4) is 0 Å². The van der Waals surface area contributed by atoms with Crippen LogP contribution in [0.25, 0.3) is 11.4 Å². The van der Waals surface area contributed by atoms with Crippen LogP contribution in [-0.4, -0.2) is 27.7 Å². The van der Waals surface area contributed by atoms with Gasteiger partial charge < -0.3 is 14.0 Å². The van der Waals surface area contributed by atoms with Gasteiger partial charge in [-0.3, -0.25) is 0 Å². The molecule has 0 aliphatic carbocycles. The summed E-state index contributed by atoms with van der Waals surface area (Å²) in [6.45, 7) is 2.27. The lowest BCUT2D eigenvalue weighted by Gasteiger charge is -2.06. The first-order valence-electron chi connectivity index (χ1n) is 7.51. The van der Waals surface area contributed by atoms with Crippen molar-refractivity contribution < 1.29 is 18.8 Å². The molecule has 0 radical (unpaired) electrons. The summed E-state index contributed by atoms with van der Waals surface area (Å²) in [4.78, 5) is 20.0. The van der Waals surface area contributed by atoms with Crippen LogP contribution in [0.4, 0.5) is 0 Å². The quantitative estimate of drug-likeness (QED) is 0.491. The highest BCUT2D eigenvalue weighted by Gasteiger charge is 2.15. The molecule has 0 saturated carbocycles. The average Bonchev–Trinajstić information content (AvgIpc) is 3.10. The van der Waals surface area contributed by atoms with E-state index in [4.69, 9.17) is 25.6 Å². The van der Waals surface area contributed by atoms with Crippen LogP contribution in [0.1, 0.15) is 23.2 Å². The molecule has 2 aromatic heterocycles. The summed E-state index contributed by atoms with van der Waals surface area (Å²) in [5, 5.41) is 4.20. The van der Waals surface area contributed by atoms with Gasteiger partial charge in [0.2, 0.25) is 5.82 Å². The Labute approximate surface area is 148 Å². The molecular weight excluding hydrogens is 346 g/mol. The molecule has 3 aromatic rings. The third kappa shape index (κ3) is 4.13. The summed E-state index contributed by atoms with van der Waals surface area (Å²) < 4.78 is 15.8. The highest BCUT2D eigenvalue weighted by Crippen LogP contribution is 2.27. The van der Waals surface area contributed by atoms with E-state index in [2.05, 4.69) is 15.1 Å². The van der Waals surface area contributed by atoms with E-state index in [1.165, 1.54) is 18.3 Å². The first kappa shape index (κ1) is 16.9. The van der Waals surface area contributed by atoms with Crippen molar-refractivity contribution in [1.29, 1.82) is 0 Å². The van der Waals surface area contributed by atoms with Crippen molar-refractivity contribution in [3.8, 4) is 17.1 Å². The molecule has 0 amide bonds. The van der Waals surface area contributed by atoms with E-state index < -0.39 is 5.97 Å². The number of hydrogen-bond acceptors (Lipinski definition) is 7. The molecule has 0 fully saturated rings. The van der Waals surface area contributed by atoms with Gasteiger partial charge in [-0.05, 0) is 31.2 Å². The number of halogens is 1. The van der Waals surface area contributed by atoms with Gasteiger partial charge in [0.15, 0.2) is 6.61 Å². The van der Waals surface area contributed by atoms with E-state index in [9.17, 15) is 4.79 Å². The van der Waals surface area contributed by atoms with E-state index in [1.54, 1.807) is 0 Å². The Balaban J connectivity index is 1.68. The van der Waals surface area contributed by atoms with Crippen molar-refractivity contribution in [2.45, 2.75) is 13.5 Å². The Morgan fingerprint density at radius 1 is 1.24 bits per heavy atom. The zero-order chi connectivity index (χ0) is 17.6. The minimum absolute atomic E-state index is 0.148. The molecule has 25 heavy (non-hydrogen) atoms. The second-order valence-corrected chi connectivity index (χ2v) is 5.27. The number of pyridine rings is 1. The zero-order valence-corrected chi connectivity index (χ0v) is 14.1. The molecule has 2 heterocycles. The van der Waals surface area contributed by atoms with Gasteiger partial charge in [0.25, 0.3) is 5.89 Å².